The molecule has 1 rings (SSSR count). The maximum atomic E-state index is 9.26. The van der Waals surface area contributed by atoms with Gasteiger partial charge < -0.3 is 21.4 Å². The summed E-state index contributed by atoms with van der Waals surface area (Å²) in [5.41, 5.74) is 9.01. The third-order valence-electron chi connectivity index (χ3n) is 1.79. The molecule has 0 saturated heterocycles. The van der Waals surface area contributed by atoms with E-state index in [9.17, 15) is 5.11 Å². The topological polar surface area (TPSA) is 81.8 Å². The zero-order chi connectivity index (χ0) is 11.4. The van der Waals surface area contributed by atoms with E-state index in [-0.39, 0.29) is 11.5 Å². The van der Waals surface area contributed by atoms with Crippen LogP contribution in [0.25, 0.3) is 0 Å². The van der Waals surface area contributed by atoms with Gasteiger partial charge in [-0.15, -0.1) is 0 Å². The number of benzene rings is 1. The fourth-order valence-corrected chi connectivity index (χ4v) is 1.23. The highest BCUT2D eigenvalue weighted by molar-refractivity contribution is 5.40. The summed E-state index contributed by atoms with van der Waals surface area (Å²) in [6, 6.07) is 4.65. The minimum atomic E-state index is -0.132. The smallest absolute Gasteiger partial charge is 0.157 e. The van der Waals surface area contributed by atoms with Gasteiger partial charge in [-0.25, -0.2) is 5.01 Å². The number of hydrogen-bond donors (Lipinski definition) is 4. The largest absolute Gasteiger partial charge is 0.504 e. The molecule has 0 saturated carbocycles. The van der Waals surface area contributed by atoms with Gasteiger partial charge in [-0.1, -0.05) is 12.6 Å². The standard InChI is InChI=1S/C10H15N3O2/c1-7(11)12-13(2)6-8-3-4-9(14)10(15)5-8/h3-5,12,14-15H,1,6,11H2,2H3. The van der Waals surface area contributed by atoms with E-state index in [1.54, 1.807) is 18.1 Å². The normalized spacial score (nSPS) is 10.3. The van der Waals surface area contributed by atoms with Crippen LogP contribution in [0.2, 0.25) is 0 Å². The Morgan fingerprint density at radius 1 is 1.47 bits per heavy atom. The number of nitrogens with zero attached hydrogens (tertiary/aromatic N) is 1. The van der Waals surface area contributed by atoms with Gasteiger partial charge >= 0.3 is 0 Å². The molecule has 0 heterocycles. The fraction of sp³-hybridized carbons (Fsp3) is 0.200. The van der Waals surface area contributed by atoms with E-state index in [4.69, 9.17) is 10.8 Å². The number of phenolic OH excluding ortho intramolecular Hbond substituents is 2. The molecule has 0 radical (unpaired) electrons. The van der Waals surface area contributed by atoms with Gasteiger partial charge in [0, 0.05) is 13.6 Å². The molecule has 1 aromatic rings. The lowest BCUT2D eigenvalue weighted by molar-refractivity contribution is 0.255. The van der Waals surface area contributed by atoms with Crippen LogP contribution in [0.4, 0.5) is 0 Å². The average Bonchev–Trinajstić information content (AvgIpc) is 2.10. The van der Waals surface area contributed by atoms with E-state index in [1.807, 2.05) is 0 Å². The van der Waals surface area contributed by atoms with Gasteiger partial charge in [-0.3, -0.25) is 0 Å². The molecule has 1 aromatic carbocycles. The number of rotatable bonds is 4. The Morgan fingerprint density at radius 2 is 2.13 bits per heavy atom. The number of hydrogen-bond acceptors (Lipinski definition) is 5. The van der Waals surface area contributed by atoms with Crippen molar-refractivity contribution in [3.63, 3.8) is 0 Å². The van der Waals surface area contributed by atoms with Crippen LogP contribution in [0.15, 0.2) is 30.6 Å². The minimum Gasteiger partial charge on any atom is -0.504 e. The molecule has 0 bridgehead atoms. The highest BCUT2D eigenvalue weighted by Gasteiger charge is 2.03. The number of phenols is 2. The maximum Gasteiger partial charge on any atom is 0.157 e. The van der Waals surface area contributed by atoms with Crippen molar-refractivity contribution >= 4 is 0 Å². The zero-order valence-corrected chi connectivity index (χ0v) is 8.57. The van der Waals surface area contributed by atoms with Gasteiger partial charge in [0.15, 0.2) is 11.5 Å². The molecule has 5 N–H and O–H groups in total. The molecule has 5 nitrogen and oxygen atoms in total. The highest BCUT2D eigenvalue weighted by atomic mass is 16.3. The second-order valence-electron chi connectivity index (χ2n) is 3.32. The predicted molar refractivity (Wildman–Crippen MR) is 57.7 cm³/mol. The van der Waals surface area contributed by atoms with Crippen molar-refractivity contribution in [3.05, 3.63) is 36.2 Å². The predicted octanol–water partition coefficient (Wildman–Crippen LogP) is 0.464. The molecule has 0 unspecified atom stereocenters. The lowest BCUT2D eigenvalue weighted by atomic mass is 10.2. The van der Waals surface area contributed by atoms with Crippen molar-refractivity contribution in [3.8, 4) is 11.5 Å². The van der Waals surface area contributed by atoms with Crippen molar-refractivity contribution in [2.75, 3.05) is 7.05 Å². The van der Waals surface area contributed by atoms with Crippen LogP contribution in [0.1, 0.15) is 5.56 Å². The summed E-state index contributed by atoms with van der Waals surface area (Å²) in [6.45, 7) is 4.04. The summed E-state index contributed by atoms with van der Waals surface area (Å²) in [5, 5.41) is 20.1. The van der Waals surface area contributed by atoms with Crippen LogP contribution in [0, 0.1) is 0 Å². The zero-order valence-electron chi connectivity index (χ0n) is 8.57. The van der Waals surface area contributed by atoms with Gasteiger partial charge in [0.25, 0.3) is 0 Å². The monoisotopic (exact) mass is 209 g/mol. The molecule has 0 spiro atoms. The van der Waals surface area contributed by atoms with Crippen LogP contribution in [0.5, 0.6) is 11.5 Å². The molecule has 0 atom stereocenters. The number of aromatic hydroxyl groups is 2. The molecule has 0 amide bonds. The minimum absolute atomic E-state index is 0.127. The molecule has 0 aliphatic rings. The van der Waals surface area contributed by atoms with E-state index >= 15 is 0 Å². The van der Waals surface area contributed by atoms with Crippen molar-refractivity contribution in [1.82, 2.24) is 10.4 Å². The second-order valence-corrected chi connectivity index (χ2v) is 3.32. The van der Waals surface area contributed by atoms with Crippen molar-refractivity contribution in [2.24, 2.45) is 5.73 Å². The van der Waals surface area contributed by atoms with E-state index < -0.39 is 0 Å². The summed E-state index contributed by atoms with van der Waals surface area (Å²) in [6.07, 6.45) is 0. The summed E-state index contributed by atoms with van der Waals surface area (Å²) in [5.74, 6) is 0.0885. The van der Waals surface area contributed by atoms with E-state index in [0.717, 1.165) is 5.56 Å². The van der Waals surface area contributed by atoms with Gasteiger partial charge in [0.1, 0.15) is 5.82 Å². The summed E-state index contributed by atoms with van der Waals surface area (Å²) >= 11 is 0. The Morgan fingerprint density at radius 3 is 2.67 bits per heavy atom. The average molecular weight is 209 g/mol. The first-order chi connectivity index (χ1) is 6.99. The van der Waals surface area contributed by atoms with Crippen LogP contribution in [-0.2, 0) is 6.54 Å². The van der Waals surface area contributed by atoms with Crippen LogP contribution in [0.3, 0.4) is 0 Å². The third-order valence-corrected chi connectivity index (χ3v) is 1.79. The van der Waals surface area contributed by atoms with Gasteiger partial charge in [-0.05, 0) is 17.7 Å². The Balaban J connectivity index is 2.64. The maximum absolute atomic E-state index is 9.26. The lowest BCUT2D eigenvalue weighted by Gasteiger charge is -2.18. The highest BCUT2D eigenvalue weighted by Crippen LogP contribution is 2.25. The Labute approximate surface area is 88.4 Å². The Kier molecular flexibility index (Phi) is 3.41. The molecule has 0 aromatic heterocycles. The van der Waals surface area contributed by atoms with Crippen LogP contribution in [-0.4, -0.2) is 22.3 Å². The van der Waals surface area contributed by atoms with Crippen LogP contribution >= 0.6 is 0 Å². The molecular weight excluding hydrogens is 194 g/mol. The number of hydrazine groups is 1. The SMILES string of the molecule is C=C(N)NN(C)Cc1ccc(O)c(O)c1. The summed E-state index contributed by atoms with van der Waals surface area (Å²) < 4.78 is 0. The Bertz CT molecular complexity index is 366. The second kappa shape index (κ2) is 4.56. The summed E-state index contributed by atoms with van der Waals surface area (Å²) in [4.78, 5) is 0. The Hall–Kier alpha value is -1.88. The van der Waals surface area contributed by atoms with Crippen molar-refractivity contribution < 1.29 is 10.2 Å². The van der Waals surface area contributed by atoms with Gasteiger partial charge in [0.2, 0.25) is 0 Å². The molecule has 0 fully saturated rings. The van der Waals surface area contributed by atoms with E-state index in [0.29, 0.717) is 12.4 Å². The van der Waals surface area contributed by atoms with Gasteiger partial charge in [0.05, 0.1) is 0 Å². The quantitative estimate of drug-likeness (QED) is 0.428. The molecular formula is C10H15N3O2. The number of nitrogens with one attached hydrogen (secondary N) is 1. The van der Waals surface area contributed by atoms with Crippen molar-refractivity contribution in [1.29, 1.82) is 0 Å². The molecule has 0 aliphatic carbocycles. The molecule has 5 heteroatoms. The third kappa shape index (κ3) is 3.40. The molecule has 0 aliphatic heterocycles. The molecule has 82 valence electrons. The first-order valence-electron chi connectivity index (χ1n) is 4.42. The fourth-order valence-electron chi connectivity index (χ4n) is 1.23. The summed E-state index contributed by atoms with van der Waals surface area (Å²) in [7, 11) is 1.79. The van der Waals surface area contributed by atoms with E-state index in [1.165, 1.54) is 12.1 Å². The first kappa shape index (κ1) is 11.2. The van der Waals surface area contributed by atoms with E-state index in [2.05, 4.69) is 12.0 Å². The van der Waals surface area contributed by atoms with Crippen molar-refractivity contribution in [2.45, 2.75) is 6.54 Å². The first-order valence-corrected chi connectivity index (χ1v) is 4.42. The van der Waals surface area contributed by atoms with Gasteiger partial charge in [-0.2, -0.15) is 0 Å². The number of nitrogens with two attached hydrogens (primary N) is 1. The lowest BCUT2D eigenvalue weighted by Crippen LogP contribution is -2.35. The van der Waals surface area contributed by atoms with Crippen LogP contribution < -0.4 is 11.2 Å². The molecule has 15 heavy (non-hydrogen) atoms.